The molecule has 0 bridgehead atoms. The third kappa shape index (κ3) is 2.90. The van der Waals surface area contributed by atoms with Crippen LogP contribution in [0.2, 0.25) is 0 Å². The first kappa shape index (κ1) is 12.6. The zero-order valence-corrected chi connectivity index (χ0v) is 10.9. The van der Waals surface area contributed by atoms with Crippen molar-refractivity contribution in [3.05, 3.63) is 53.9 Å². The van der Waals surface area contributed by atoms with Gasteiger partial charge in [0.15, 0.2) is 5.78 Å². The van der Waals surface area contributed by atoms with Crippen molar-refractivity contribution in [2.24, 2.45) is 0 Å². The maximum Gasteiger partial charge on any atom is 0.167 e. The Balaban J connectivity index is 2.14. The number of nitrogens with zero attached hydrogens (tertiary/aromatic N) is 1. The molecule has 1 heterocycles. The van der Waals surface area contributed by atoms with Crippen LogP contribution in [0.5, 0.6) is 0 Å². The van der Waals surface area contributed by atoms with Crippen LogP contribution in [0.15, 0.2) is 47.6 Å². The lowest BCUT2D eigenvalue weighted by atomic mass is 10.0. The summed E-state index contributed by atoms with van der Waals surface area (Å²) < 4.78 is 0. The van der Waals surface area contributed by atoms with Crippen LogP contribution in [-0.4, -0.2) is 17.0 Å². The zero-order valence-electron chi connectivity index (χ0n) is 10.1. The van der Waals surface area contributed by atoms with Gasteiger partial charge in [0, 0.05) is 40.5 Å². The van der Waals surface area contributed by atoms with E-state index in [9.17, 15) is 4.79 Å². The number of ketones is 1. The molecule has 0 radical (unpaired) electrons. The zero-order chi connectivity index (χ0) is 13.0. The molecule has 0 amide bonds. The van der Waals surface area contributed by atoms with Crippen LogP contribution in [0.1, 0.15) is 15.9 Å². The number of rotatable bonds is 4. The number of Topliss-reactive ketones (excluding diaryl/α,β-unsaturated/α-hetero) is 1. The Morgan fingerprint density at radius 2 is 2.00 bits per heavy atom. The molecule has 0 saturated heterocycles. The first-order chi connectivity index (χ1) is 8.70. The van der Waals surface area contributed by atoms with Gasteiger partial charge in [0.1, 0.15) is 0 Å². The molecule has 18 heavy (non-hydrogen) atoms. The monoisotopic (exact) mass is 258 g/mol. The van der Waals surface area contributed by atoms with Crippen LogP contribution in [0.25, 0.3) is 0 Å². The first-order valence-corrected chi connectivity index (χ1v) is 6.79. The number of pyridine rings is 1. The number of aromatic nitrogens is 1. The summed E-state index contributed by atoms with van der Waals surface area (Å²) >= 11 is 1.65. The Bertz CT molecular complexity index is 552. The number of nitrogen functional groups attached to an aromatic ring is 1. The van der Waals surface area contributed by atoms with Crippen molar-refractivity contribution in [3.63, 3.8) is 0 Å². The van der Waals surface area contributed by atoms with Gasteiger partial charge in [-0.3, -0.25) is 9.78 Å². The highest BCUT2D eigenvalue weighted by molar-refractivity contribution is 7.98. The molecule has 1 aromatic carbocycles. The maximum absolute atomic E-state index is 12.1. The van der Waals surface area contributed by atoms with Gasteiger partial charge < -0.3 is 5.73 Å². The van der Waals surface area contributed by atoms with E-state index < -0.39 is 0 Å². The highest BCUT2D eigenvalue weighted by Crippen LogP contribution is 2.17. The molecule has 2 N–H and O–H groups in total. The van der Waals surface area contributed by atoms with Crippen LogP contribution in [0.3, 0.4) is 0 Å². The quantitative estimate of drug-likeness (QED) is 0.676. The van der Waals surface area contributed by atoms with Crippen LogP contribution >= 0.6 is 11.8 Å². The van der Waals surface area contributed by atoms with E-state index in [0.717, 1.165) is 10.5 Å². The fourth-order valence-corrected chi connectivity index (χ4v) is 2.05. The minimum atomic E-state index is 0.0577. The Hall–Kier alpha value is -1.81. The minimum absolute atomic E-state index is 0.0577. The minimum Gasteiger partial charge on any atom is -0.398 e. The second kappa shape index (κ2) is 5.69. The number of nitrogens with two attached hydrogens (primary N) is 1. The Morgan fingerprint density at radius 1 is 1.28 bits per heavy atom. The van der Waals surface area contributed by atoms with Gasteiger partial charge in [-0.15, -0.1) is 11.8 Å². The van der Waals surface area contributed by atoms with Crippen molar-refractivity contribution < 1.29 is 4.79 Å². The van der Waals surface area contributed by atoms with Crippen molar-refractivity contribution >= 4 is 23.2 Å². The molecule has 2 aromatic rings. The summed E-state index contributed by atoms with van der Waals surface area (Å²) in [6, 6.07) is 9.30. The largest absolute Gasteiger partial charge is 0.398 e. The van der Waals surface area contributed by atoms with Crippen molar-refractivity contribution in [2.45, 2.75) is 11.3 Å². The molecule has 0 spiro atoms. The normalized spacial score (nSPS) is 10.3. The van der Waals surface area contributed by atoms with Gasteiger partial charge >= 0.3 is 0 Å². The third-order valence-electron chi connectivity index (χ3n) is 2.70. The van der Waals surface area contributed by atoms with Gasteiger partial charge in [-0.1, -0.05) is 12.1 Å². The highest BCUT2D eigenvalue weighted by Gasteiger charge is 2.09. The lowest BCUT2D eigenvalue weighted by Gasteiger charge is -2.04. The van der Waals surface area contributed by atoms with E-state index in [1.165, 1.54) is 0 Å². The van der Waals surface area contributed by atoms with E-state index in [0.29, 0.717) is 11.3 Å². The summed E-state index contributed by atoms with van der Waals surface area (Å²) in [6.07, 6.45) is 5.56. The molecule has 0 atom stereocenters. The average molecular weight is 258 g/mol. The molecule has 92 valence electrons. The van der Waals surface area contributed by atoms with E-state index in [-0.39, 0.29) is 12.2 Å². The summed E-state index contributed by atoms with van der Waals surface area (Å²) in [7, 11) is 0. The van der Waals surface area contributed by atoms with Crippen molar-refractivity contribution in [2.75, 3.05) is 12.0 Å². The topological polar surface area (TPSA) is 56.0 Å². The number of carbonyl (C=O) groups excluding carboxylic acids is 1. The maximum atomic E-state index is 12.1. The predicted octanol–water partition coefficient (Wildman–Crippen LogP) is 2.81. The van der Waals surface area contributed by atoms with Gasteiger partial charge in [-0.05, 0) is 24.5 Å². The molecule has 2 rings (SSSR count). The molecular formula is C14H14N2OS. The van der Waals surface area contributed by atoms with E-state index in [1.54, 1.807) is 30.2 Å². The smallest absolute Gasteiger partial charge is 0.167 e. The molecule has 0 aliphatic heterocycles. The van der Waals surface area contributed by atoms with Crippen LogP contribution in [-0.2, 0) is 6.42 Å². The van der Waals surface area contributed by atoms with Crippen molar-refractivity contribution in [1.82, 2.24) is 4.98 Å². The van der Waals surface area contributed by atoms with Gasteiger partial charge in [-0.2, -0.15) is 0 Å². The summed E-state index contributed by atoms with van der Waals surface area (Å²) in [5, 5.41) is 0. The Kier molecular flexibility index (Phi) is 3.99. The van der Waals surface area contributed by atoms with Crippen LogP contribution in [0.4, 0.5) is 5.69 Å². The van der Waals surface area contributed by atoms with Gasteiger partial charge in [0.25, 0.3) is 0 Å². The molecule has 0 aliphatic carbocycles. The van der Waals surface area contributed by atoms with E-state index >= 15 is 0 Å². The molecule has 1 aromatic heterocycles. The molecule has 3 nitrogen and oxygen atoms in total. The standard InChI is InChI=1S/C14H14N2OS/c1-18-12-4-2-10(3-5-12)14(17)8-11-9-16-7-6-13(11)15/h2-7,9H,8H2,1H3,(H2,15,16). The Labute approximate surface area is 110 Å². The number of hydrogen-bond donors (Lipinski definition) is 1. The summed E-state index contributed by atoms with van der Waals surface area (Å²) in [6.45, 7) is 0. The molecule has 0 saturated carbocycles. The number of hydrogen-bond acceptors (Lipinski definition) is 4. The number of anilines is 1. The van der Waals surface area contributed by atoms with Crippen LogP contribution < -0.4 is 5.73 Å². The number of carbonyl (C=O) groups is 1. The molecular weight excluding hydrogens is 244 g/mol. The fourth-order valence-electron chi connectivity index (χ4n) is 1.64. The van der Waals surface area contributed by atoms with E-state index in [4.69, 9.17) is 5.73 Å². The van der Waals surface area contributed by atoms with Gasteiger partial charge in [0.05, 0.1) is 0 Å². The predicted molar refractivity (Wildman–Crippen MR) is 74.9 cm³/mol. The SMILES string of the molecule is CSc1ccc(C(=O)Cc2cnccc2N)cc1. The summed E-state index contributed by atoms with van der Waals surface area (Å²) in [4.78, 5) is 17.2. The first-order valence-electron chi connectivity index (χ1n) is 5.56. The van der Waals surface area contributed by atoms with Gasteiger partial charge in [0.2, 0.25) is 0 Å². The highest BCUT2D eigenvalue weighted by atomic mass is 32.2. The molecule has 0 unspecified atom stereocenters. The second-order valence-corrected chi connectivity index (χ2v) is 4.78. The number of benzene rings is 1. The van der Waals surface area contributed by atoms with Gasteiger partial charge in [-0.25, -0.2) is 0 Å². The molecule has 4 heteroatoms. The Morgan fingerprint density at radius 3 is 2.61 bits per heavy atom. The lowest BCUT2D eigenvalue weighted by Crippen LogP contribution is -2.06. The fraction of sp³-hybridized carbons (Fsp3) is 0.143. The number of thioether (sulfide) groups is 1. The van der Waals surface area contributed by atoms with Crippen LogP contribution in [0, 0.1) is 0 Å². The summed E-state index contributed by atoms with van der Waals surface area (Å²) in [5.41, 5.74) is 7.89. The lowest BCUT2D eigenvalue weighted by molar-refractivity contribution is 0.0993. The second-order valence-electron chi connectivity index (χ2n) is 3.90. The van der Waals surface area contributed by atoms with Crippen molar-refractivity contribution in [3.8, 4) is 0 Å². The van der Waals surface area contributed by atoms with E-state index in [1.807, 2.05) is 30.5 Å². The van der Waals surface area contributed by atoms with Crippen molar-refractivity contribution in [1.29, 1.82) is 0 Å². The third-order valence-corrected chi connectivity index (χ3v) is 3.45. The molecule has 0 aliphatic rings. The van der Waals surface area contributed by atoms with E-state index in [2.05, 4.69) is 4.98 Å². The molecule has 0 fully saturated rings. The summed E-state index contributed by atoms with van der Waals surface area (Å²) in [5.74, 6) is 0.0577. The average Bonchev–Trinajstić information content (AvgIpc) is 2.41.